The molecule has 0 spiro atoms. The Morgan fingerprint density at radius 1 is 1.26 bits per heavy atom. The Kier molecular flexibility index (Phi) is 4.12. The van der Waals surface area contributed by atoms with Gasteiger partial charge in [-0.3, -0.25) is 0 Å². The predicted molar refractivity (Wildman–Crippen MR) is 82.8 cm³/mol. The highest BCUT2D eigenvalue weighted by Crippen LogP contribution is 2.33. The van der Waals surface area contributed by atoms with Crippen molar-refractivity contribution in [2.45, 2.75) is 16.2 Å². The van der Waals surface area contributed by atoms with E-state index in [1.165, 1.54) is 17.3 Å². The Hall–Kier alpha value is -0.170. The summed E-state index contributed by atoms with van der Waals surface area (Å²) in [6.45, 7) is 0.895. The molecule has 0 saturated carbocycles. The van der Waals surface area contributed by atoms with Crippen molar-refractivity contribution in [3.63, 3.8) is 0 Å². The molecule has 6 heteroatoms. The molecule has 2 aliphatic heterocycles. The standard InChI is InChI=1S/C13H17NO2S3/c15-19(16)9-12(11-3-1-2-4-13(11)19)14-7-10-8-17-5-6-18-10/h1-4,10,12,14H,5-9H2. The van der Waals surface area contributed by atoms with Crippen molar-refractivity contribution in [1.82, 2.24) is 5.32 Å². The number of thioether (sulfide) groups is 2. The number of fused-ring (bicyclic) bond motifs is 1. The Morgan fingerprint density at radius 3 is 2.89 bits per heavy atom. The van der Waals surface area contributed by atoms with Crippen LogP contribution in [0, 0.1) is 0 Å². The zero-order valence-electron chi connectivity index (χ0n) is 10.5. The molecule has 0 aliphatic carbocycles. The van der Waals surface area contributed by atoms with Gasteiger partial charge in [-0.15, -0.1) is 0 Å². The van der Waals surface area contributed by atoms with Gasteiger partial charge in [0.1, 0.15) is 0 Å². The molecular weight excluding hydrogens is 298 g/mol. The van der Waals surface area contributed by atoms with Crippen LogP contribution >= 0.6 is 23.5 Å². The second-order valence-electron chi connectivity index (χ2n) is 4.85. The first kappa shape index (κ1) is 13.8. The topological polar surface area (TPSA) is 46.2 Å². The van der Waals surface area contributed by atoms with Gasteiger partial charge in [-0.05, 0) is 11.6 Å². The molecule has 104 valence electrons. The van der Waals surface area contributed by atoms with Crippen molar-refractivity contribution in [3.8, 4) is 0 Å². The summed E-state index contributed by atoms with van der Waals surface area (Å²) in [7, 11) is -3.08. The van der Waals surface area contributed by atoms with Crippen LogP contribution in [0.2, 0.25) is 0 Å². The van der Waals surface area contributed by atoms with E-state index in [1.807, 2.05) is 35.7 Å². The molecule has 2 unspecified atom stereocenters. The summed E-state index contributed by atoms with van der Waals surface area (Å²) < 4.78 is 24.1. The van der Waals surface area contributed by atoms with Gasteiger partial charge >= 0.3 is 0 Å². The lowest BCUT2D eigenvalue weighted by Gasteiger charge is -2.23. The largest absolute Gasteiger partial charge is 0.308 e. The van der Waals surface area contributed by atoms with Gasteiger partial charge in [0.25, 0.3) is 0 Å². The second kappa shape index (κ2) is 5.68. The van der Waals surface area contributed by atoms with E-state index in [0.29, 0.717) is 10.1 Å². The Balaban J connectivity index is 1.70. The van der Waals surface area contributed by atoms with Crippen LogP contribution in [-0.4, -0.2) is 43.2 Å². The van der Waals surface area contributed by atoms with Crippen molar-refractivity contribution in [2.75, 3.05) is 29.6 Å². The summed E-state index contributed by atoms with van der Waals surface area (Å²) >= 11 is 3.99. The quantitative estimate of drug-likeness (QED) is 0.924. The molecule has 19 heavy (non-hydrogen) atoms. The first-order valence-electron chi connectivity index (χ1n) is 6.41. The van der Waals surface area contributed by atoms with E-state index >= 15 is 0 Å². The van der Waals surface area contributed by atoms with Crippen molar-refractivity contribution in [3.05, 3.63) is 29.8 Å². The number of benzene rings is 1. The molecule has 1 aromatic rings. The summed E-state index contributed by atoms with van der Waals surface area (Å²) in [6, 6.07) is 7.33. The third-order valence-electron chi connectivity index (χ3n) is 3.49. The van der Waals surface area contributed by atoms with Crippen LogP contribution in [0.3, 0.4) is 0 Å². The predicted octanol–water partition coefficient (Wildman–Crippen LogP) is 1.95. The molecule has 1 aromatic carbocycles. The van der Waals surface area contributed by atoms with Gasteiger partial charge in [0.05, 0.1) is 10.6 Å². The maximum Gasteiger partial charge on any atom is 0.180 e. The van der Waals surface area contributed by atoms with Crippen molar-refractivity contribution in [1.29, 1.82) is 0 Å². The maximum atomic E-state index is 12.1. The Labute approximate surface area is 122 Å². The van der Waals surface area contributed by atoms with Crippen LogP contribution in [-0.2, 0) is 9.84 Å². The van der Waals surface area contributed by atoms with Gasteiger partial charge in [0, 0.05) is 35.1 Å². The average molecular weight is 315 g/mol. The van der Waals surface area contributed by atoms with Crippen LogP contribution < -0.4 is 5.32 Å². The van der Waals surface area contributed by atoms with Crippen LogP contribution in [0.1, 0.15) is 11.6 Å². The molecule has 0 amide bonds. The molecule has 0 bridgehead atoms. The molecule has 1 fully saturated rings. The highest BCUT2D eigenvalue weighted by molar-refractivity contribution is 8.06. The number of hydrogen-bond acceptors (Lipinski definition) is 5. The first-order valence-corrected chi connectivity index (χ1v) is 10.3. The molecule has 3 nitrogen and oxygen atoms in total. The summed E-state index contributed by atoms with van der Waals surface area (Å²) in [5.41, 5.74) is 0.941. The van der Waals surface area contributed by atoms with Gasteiger partial charge in [-0.25, -0.2) is 8.42 Å². The number of rotatable bonds is 3. The maximum absolute atomic E-state index is 12.1. The molecule has 0 radical (unpaired) electrons. The summed E-state index contributed by atoms with van der Waals surface area (Å²) in [6.07, 6.45) is 0. The fourth-order valence-electron chi connectivity index (χ4n) is 2.55. The van der Waals surface area contributed by atoms with Crippen LogP contribution in [0.25, 0.3) is 0 Å². The lowest BCUT2D eigenvalue weighted by molar-refractivity contribution is 0.568. The molecule has 1 N–H and O–H groups in total. The lowest BCUT2D eigenvalue weighted by atomic mass is 10.1. The highest BCUT2D eigenvalue weighted by Gasteiger charge is 2.34. The summed E-state index contributed by atoms with van der Waals surface area (Å²) in [5.74, 6) is 3.81. The molecule has 3 rings (SSSR count). The minimum absolute atomic E-state index is 0.0336. The third kappa shape index (κ3) is 2.96. The second-order valence-corrected chi connectivity index (χ2v) is 9.41. The molecular formula is C13H17NO2S3. The highest BCUT2D eigenvalue weighted by atomic mass is 32.2. The third-order valence-corrected chi connectivity index (χ3v) is 8.15. The first-order chi connectivity index (χ1) is 9.17. The molecule has 0 aromatic heterocycles. The fraction of sp³-hybridized carbons (Fsp3) is 0.538. The minimum Gasteiger partial charge on any atom is -0.308 e. The van der Waals surface area contributed by atoms with Gasteiger partial charge in [-0.1, -0.05) is 18.2 Å². The van der Waals surface area contributed by atoms with E-state index in [1.54, 1.807) is 12.1 Å². The Morgan fingerprint density at radius 2 is 2.11 bits per heavy atom. The number of nitrogens with one attached hydrogen (secondary N) is 1. The SMILES string of the molecule is O=S1(=O)CC(NCC2CSCCS2)c2ccccc21. The van der Waals surface area contributed by atoms with Gasteiger partial charge in [0.2, 0.25) is 0 Å². The van der Waals surface area contributed by atoms with E-state index in [0.717, 1.165) is 12.1 Å². The van der Waals surface area contributed by atoms with Crippen molar-refractivity contribution in [2.24, 2.45) is 0 Å². The van der Waals surface area contributed by atoms with E-state index in [4.69, 9.17) is 0 Å². The molecule has 2 atom stereocenters. The summed E-state index contributed by atoms with van der Waals surface area (Å²) in [5, 5.41) is 4.06. The zero-order chi connectivity index (χ0) is 13.3. The molecule has 1 saturated heterocycles. The van der Waals surface area contributed by atoms with Crippen LogP contribution in [0.5, 0.6) is 0 Å². The summed E-state index contributed by atoms with van der Waals surface area (Å²) in [4.78, 5) is 0.512. The van der Waals surface area contributed by atoms with E-state index in [-0.39, 0.29) is 11.8 Å². The van der Waals surface area contributed by atoms with E-state index in [9.17, 15) is 8.42 Å². The molecule has 2 heterocycles. The Bertz CT molecular complexity index is 553. The van der Waals surface area contributed by atoms with Gasteiger partial charge in [0.15, 0.2) is 9.84 Å². The number of sulfone groups is 1. The van der Waals surface area contributed by atoms with Crippen LogP contribution in [0.4, 0.5) is 0 Å². The average Bonchev–Trinajstić information content (AvgIpc) is 2.70. The normalized spacial score (nSPS) is 29.1. The van der Waals surface area contributed by atoms with Gasteiger partial charge < -0.3 is 5.32 Å². The van der Waals surface area contributed by atoms with Gasteiger partial charge in [-0.2, -0.15) is 23.5 Å². The lowest BCUT2D eigenvalue weighted by Crippen LogP contribution is -2.32. The smallest absolute Gasteiger partial charge is 0.180 e. The molecule has 2 aliphatic rings. The van der Waals surface area contributed by atoms with E-state index < -0.39 is 9.84 Å². The van der Waals surface area contributed by atoms with Crippen molar-refractivity contribution < 1.29 is 8.42 Å². The minimum atomic E-state index is -3.08. The number of hydrogen-bond donors (Lipinski definition) is 1. The monoisotopic (exact) mass is 315 g/mol. The fourth-order valence-corrected chi connectivity index (χ4v) is 6.94. The van der Waals surface area contributed by atoms with E-state index in [2.05, 4.69) is 5.32 Å². The van der Waals surface area contributed by atoms with Crippen molar-refractivity contribution >= 4 is 33.4 Å². The van der Waals surface area contributed by atoms with Crippen LogP contribution in [0.15, 0.2) is 29.2 Å². The zero-order valence-corrected chi connectivity index (χ0v) is 13.0.